The number of nitrogens with zero attached hydrogens (tertiary/aromatic N) is 2. The molecule has 4 nitrogen and oxygen atoms in total. The van der Waals surface area contributed by atoms with E-state index in [0.717, 1.165) is 30.4 Å². The maximum Gasteiger partial charge on any atom is 0.132 e. The van der Waals surface area contributed by atoms with Crippen molar-refractivity contribution in [2.75, 3.05) is 7.11 Å². The number of hydrogen-bond donors (Lipinski definition) is 1. The van der Waals surface area contributed by atoms with Crippen LogP contribution in [-0.4, -0.2) is 33.0 Å². The van der Waals surface area contributed by atoms with Gasteiger partial charge in [-0.1, -0.05) is 29.8 Å². The van der Waals surface area contributed by atoms with Crippen LogP contribution in [0.25, 0.3) is 6.08 Å². The molecule has 1 saturated carbocycles. The fourth-order valence-corrected chi connectivity index (χ4v) is 3.63. The zero-order valence-electron chi connectivity index (χ0n) is 14.1. The maximum atomic E-state index is 11.7. The number of ether oxygens (including phenoxy) is 1. The van der Waals surface area contributed by atoms with Gasteiger partial charge in [-0.05, 0) is 49.5 Å². The van der Waals surface area contributed by atoms with Crippen molar-refractivity contribution in [3.8, 4) is 0 Å². The number of rotatable bonds is 4. The molecule has 2 atom stereocenters. The molecule has 2 aromatic rings. The minimum absolute atomic E-state index is 0.413. The highest BCUT2D eigenvalue weighted by Gasteiger charge is 2.52. The van der Waals surface area contributed by atoms with Gasteiger partial charge in [0.1, 0.15) is 5.60 Å². The number of benzene rings is 1. The molecular weight excluding hydrogens is 324 g/mol. The van der Waals surface area contributed by atoms with E-state index in [0.29, 0.717) is 11.6 Å². The zero-order chi connectivity index (χ0) is 17.2. The van der Waals surface area contributed by atoms with Crippen LogP contribution in [0.15, 0.2) is 48.6 Å². The minimum Gasteiger partial charge on any atom is -0.381 e. The summed E-state index contributed by atoms with van der Waals surface area (Å²) in [5.41, 5.74) is 0.265. The topological polar surface area (TPSA) is 47.3 Å². The summed E-state index contributed by atoms with van der Waals surface area (Å²) in [6.07, 6.45) is 10.0. The molecule has 128 valence electrons. The van der Waals surface area contributed by atoms with Gasteiger partial charge in [0, 0.05) is 24.5 Å². The van der Waals surface area contributed by atoms with Crippen molar-refractivity contribution in [3.05, 3.63) is 59.1 Å². The first-order valence-electron chi connectivity index (χ1n) is 8.17. The van der Waals surface area contributed by atoms with E-state index in [1.165, 1.54) is 0 Å². The van der Waals surface area contributed by atoms with E-state index in [1.807, 2.05) is 42.0 Å². The first-order valence-corrected chi connectivity index (χ1v) is 8.54. The van der Waals surface area contributed by atoms with Gasteiger partial charge in [0.15, 0.2) is 0 Å². The van der Waals surface area contributed by atoms with Gasteiger partial charge in [-0.25, -0.2) is 4.98 Å². The van der Waals surface area contributed by atoms with Crippen molar-refractivity contribution in [1.29, 1.82) is 0 Å². The highest BCUT2D eigenvalue weighted by molar-refractivity contribution is 6.30. The van der Waals surface area contributed by atoms with E-state index in [9.17, 15) is 5.11 Å². The van der Waals surface area contributed by atoms with Crippen LogP contribution in [0.3, 0.4) is 0 Å². The molecule has 1 aromatic heterocycles. The van der Waals surface area contributed by atoms with Gasteiger partial charge in [-0.3, -0.25) is 0 Å². The highest BCUT2D eigenvalue weighted by atomic mass is 35.5. The lowest BCUT2D eigenvalue weighted by atomic mass is 9.68. The van der Waals surface area contributed by atoms with Crippen molar-refractivity contribution in [3.63, 3.8) is 0 Å². The first kappa shape index (κ1) is 17.2. The molecule has 0 aliphatic heterocycles. The van der Waals surface area contributed by atoms with Gasteiger partial charge in [-0.2, -0.15) is 0 Å². The van der Waals surface area contributed by atoms with Crippen molar-refractivity contribution in [1.82, 2.24) is 9.55 Å². The summed E-state index contributed by atoms with van der Waals surface area (Å²) in [5.74, 6) is 0. The predicted molar refractivity (Wildman–Crippen MR) is 95.9 cm³/mol. The highest BCUT2D eigenvalue weighted by Crippen LogP contribution is 2.45. The van der Waals surface area contributed by atoms with Crippen molar-refractivity contribution >= 4 is 17.7 Å². The molecule has 0 spiro atoms. The molecule has 0 bridgehead atoms. The monoisotopic (exact) mass is 346 g/mol. The summed E-state index contributed by atoms with van der Waals surface area (Å²) in [4.78, 5) is 4.09. The van der Waals surface area contributed by atoms with Crippen LogP contribution in [0.2, 0.25) is 5.02 Å². The van der Waals surface area contributed by atoms with E-state index in [1.54, 1.807) is 19.6 Å². The summed E-state index contributed by atoms with van der Waals surface area (Å²) in [6.45, 7) is 2.40. The van der Waals surface area contributed by atoms with Gasteiger partial charge >= 0.3 is 0 Å². The number of halogens is 1. The zero-order valence-corrected chi connectivity index (χ0v) is 14.8. The minimum atomic E-state index is -1.10. The molecule has 1 aromatic carbocycles. The molecule has 1 heterocycles. The van der Waals surface area contributed by atoms with Crippen LogP contribution in [0, 0.1) is 0 Å². The number of aromatic nitrogens is 2. The number of hydrogen-bond acceptors (Lipinski definition) is 3. The molecule has 1 fully saturated rings. The maximum absolute atomic E-state index is 11.7. The Morgan fingerprint density at radius 3 is 2.75 bits per heavy atom. The summed E-state index contributed by atoms with van der Waals surface area (Å²) in [5, 5.41) is 12.4. The number of imidazole rings is 1. The van der Waals surface area contributed by atoms with Crippen molar-refractivity contribution in [2.24, 2.45) is 0 Å². The molecule has 3 rings (SSSR count). The lowest BCUT2D eigenvalue weighted by Crippen LogP contribution is -2.59. The molecular formula is C19H23ClN2O2. The first-order chi connectivity index (χ1) is 11.5. The summed E-state index contributed by atoms with van der Waals surface area (Å²) >= 11 is 5.97. The van der Waals surface area contributed by atoms with Crippen LogP contribution >= 0.6 is 11.6 Å². The second-order valence-electron chi connectivity index (χ2n) is 6.60. The lowest BCUT2D eigenvalue weighted by molar-refractivity contribution is -0.161. The van der Waals surface area contributed by atoms with E-state index in [4.69, 9.17) is 16.3 Å². The predicted octanol–water partition coefficient (Wildman–Crippen LogP) is 3.94. The smallest absolute Gasteiger partial charge is 0.132 e. The van der Waals surface area contributed by atoms with Crippen molar-refractivity contribution in [2.45, 2.75) is 43.9 Å². The molecule has 0 amide bonds. The average molecular weight is 347 g/mol. The molecule has 2 unspecified atom stereocenters. The fourth-order valence-electron chi connectivity index (χ4n) is 3.51. The summed E-state index contributed by atoms with van der Waals surface area (Å²) < 4.78 is 7.69. The second-order valence-corrected chi connectivity index (χ2v) is 7.04. The van der Waals surface area contributed by atoms with Crippen LogP contribution in [0.4, 0.5) is 0 Å². The summed E-state index contributed by atoms with van der Waals surface area (Å²) in [7, 11) is 1.67. The Labute approximate surface area is 147 Å². The Bertz CT molecular complexity index is 711. The summed E-state index contributed by atoms with van der Waals surface area (Å²) in [6, 6.07) is 7.65. The molecule has 1 aliphatic carbocycles. The quantitative estimate of drug-likeness (QED) is 0.912. The molecule has 5 heteroatoms. The van der Waals surface area contributed by atoms with Crippen molar-refractivity contribution < 1.29 is 9.84 Å². The molecule has 1 N–H and O–H groups in total. The van der Waals surface area contributed by atoms with E-state index >= 15 is 0 Å². The Balaban J connectivity index is 2.02. The Hall–Kier alpha value is -1.62. The van der Waals surface area contributed by atoms with Gasteiger partial charge in [0.2, 0.25) is 0 Å². The van der Waals surface area contributed by atoms with E-state index in [-0.39, 0.29) is 0 Å². The lowest BCUT2D eigenvalue weighted by Gasteiger charge is -2.49. The number of aliphatic hydroxyl groups is 1. The molecule has 1 aliphatic rings. The van der Waals surface area contributed by atoms with Gasteiger partial charge < -0.3 is 14.4 Å². The Kier molecular flexibility index (Phi) is 4.81. The standard InChI is InChI=1S/C19H23ClN2O2/c1-18(24-2)9-3-4-16(12-15-5-7-17(20)8-6-15)19(18,23)13-22-11-10-21-14-22/h5-8,10-12,14,23H,3-4,9,13H2,1-2H3/b16-12+. The molecule has 0 saturated heterocycles. The third kappa shape index (κ3) is 3.14. The number of methoxy groups -OCH3 is 1. The Morgan fingerprint density at radius 2 is 2.12 bits per heavy atom. The average Bonchev–Trinajstić information content (AvgIpc) is 3.07. The van der Waals surface area contributed by atoms with Crippen LogP contribution in [0.5, 0.6) is 0 Å². The second kappa shape index (κ2) is 6.71. The van der Waals surface area contributed by atoms with E-state index < -0.39 is 11.2 Å². The Morgan fingerprint density at radius 1 is 1.38 bits per heavy atom. The van der Waals surface area contributed by atoms with Gasteiger partial charge in [0.25, 0.3) is 0 Å². The van der Waals surface area contributed by atoms with Crippen LogP contribution in [-0.2, 0) is 11.3 Å². The largest absolute Gasteiger partial charge is 0.381 e. The third-order valence-electron chi connectivity index (χ3n) is 5.14. The SMILES string of the molecule is COC1(C)CCC/C(=C\c2ccc(Cl)cc2)C1(O)Cn1ccnc1. The molecule has 0 radical (unpaired) electrons. The third-order valence-corrected chi connectivity index (χ3v) is 5.39. The van der Waals surface area contributed by atoms with Gasteiger partial charge in [-0.15, -0.1) is 0 Å². The van der Waals surface area contributed by atoms with Gasteiger partial charge in [0.05, 0.1) is 18.5 Å². The van der Waals surface area contributed by atoms with Crippen LogP contribution < -0.4 is 0 Å². The fraction of sp³-hybridized carbons (Fsp3) is 0.421. The van der Waals surface area contributed by atoms with E-state index in [2.05, 4.69) is 11.1 Å². The normalized spacial score (nSPS) is 29.1. The van der Waals surface area contributed by atoms with Crippen LogP contribution in [0.1, 0.15) is 31.7 Å². The molecule has 24 heavy (non-hydrogen) atoms.